The van der Waals surface area contributed by atoms with Gasteiger partial charge in [-0.15, -0.1) is 0 Å². The molecule has 0 bridgehead atoms. The minimum atomic E-state index is -0.523. The van der Waals surface area contributed by atoms with Crippen molar-refractivity contribution >= 4 is 40.3 Å². The van der Waals surface area contributed by atoms with Gasteiger partial charge in [0.1, 0.15) is 5.25 Å². The first-order chi connectivity index (χ1) is 12.9. The topological polar surface area (TPSA) is 91.3 Å². The summed E-state index contributed by atoms with van der Waals surface area (Å²) in [6, 6.07) is 6.55. The highest BCUT2D eigenvalue weighted by molar-refractivity contribution is 8.15. The third-order valence-electron chi connectivity index (χ3n) is 4.09. The highest BCUT2D eigenvalue weighted by Gasteiger charge is 2.32. The number of aliphatic imine (C=N–C) groups is 1. The Kier molecular flexibility index (Phi) is 7.37. The Labute approximate surface area is 162 Å². The molecule has 3 amide bonds. The van der Waals surface area contributed by atoms with Crippen LogP contribution in [0.5, 0.6) is 0 Å². The van der Waals surface area contributed by atoms with E-state index in [9.17, 15) is 14.4 Å². The molecule has 0 radical (unpaired) electrons. The van der Waals surface area contributed by atoms with Gasteiger partial charge < -0.3 is 10.2 Å². The molecule has 1 heterocycles. The minimum absolute atomic E-state index is 0.0217. The lowest BCUT2D eigenvalue weighted by Gasteiger charge is -2.19. The molecule has 1 aliphatic rings. The van der Waals surface area contributed by atoms with Gasteiger partial charge in [-0.3, -0.25) is 19.2 Å². The lowest BCUT2D eigenvalue weighted by atomic mass is 10.2. The summed E-state index contributed by atoms with van der Waals surface area (Å²) in [6.07, 6.45) is 0.0217. The molecule has 27 heavy (non-hydrogen) atoms. The van der Waals surface area contributed by atoms with E-state index < -0.39 is 5.25 Å². The molecular weight excluding hydrogens is 368 g/mol. The number of carbonyl (C=O) groups is 3. The van der Waals surface area contributed by atoms with E-state index in [-0.39, 0.29) is 24.1 Å². The zero-order chi connectivity index (χ0) is 20.0. The Bertz CT molecular complexity index is 749. The van der Waals surface area contributed by atoms with E-state index in [1.807, 2.05) is 18.7 Å². The standard InChI is InChI=1S/C18H24N4O4S/c1-5-22(6-2)18-20-16(24)14(27-18)11-15(23)19-13-9-7-8-12(10-13)17(25)21(3)26-4/h7-10,14H,5-6,11H2,1-4H3,(H,19,23)/t14-/m0/s1. The van der Waals surface area contributed by atoms with Crippen LogP contribution in [0.25, 0.3) is 0 Å². The van der Waals surface area contributed by atoms with Gasteiger partial charge in [0, 0.05) is 37.8 Å². The maximum atomic E-state index is 12.3. The zero-order valence-corrected chi connectivity index (χ0v) is 16.7. The van der Waals surface area contributed by atoms with E-state index in [1.54, 1.807) is 24.3 Å². The molecule has 1 aliphatic heterocycles. The predicted octanol–water partition coefficient (Wildman–Crippen LogP) is 1.99. The normalized spacial score (nSPS) is 16.1. The smallest absolute Gasteiger partial charge is 0.277 e. The number of nitrogens with zero attached hydrogens (tertiary/aromatic N) is 3. The van der Waals surface area contributed by atoms with Crippen LogP contribution in [0, 0.1) is 0 Å². The zero-order valence-electron chi connectivity index (χ0n) is 15.9. The summed E-state index contributed by atoms with van der Waals surface area (Å²) in [7, 11) is 2.90. The van der Waals surface area contributed by atoms with Crippen LogP contribution >= 0.6 is 11.8 Å². The van der Waals surface area contributed by atoms with E-state index in [0.29, 0.717) is 16.4 Å². The van der Waals surface area contributed by atoms with E-state index in [2.05, 4.69) is 10.3 Å². The average molecular weight is 392 g/mol. The van der Waals surface area contributed by atoms with Crippen LogP contribution in [0.15, 0.2) is 29.3 Å². The maximum absolute atomic E-state index is 12.3. The monoisotopic (exact) mass is 392 g/mol. The fraction of sp³-hybridized carbons (Fsp3) is 0.444. The van der Waals surface area contributed by atoms with Crippen molar-refractivity contribution in [1.82, 2.24) is 9.96 Å². The molecule has 0 saturated heterocycles. The molecule has 9 heteroatoms. The first kappa shape index (κ1) is 20.9. The van der Waals surface area contributed by atoms with Crippen molar-refractivity contribution in [1.29, 1.82) is 0 Å². The number of hydrogen-bond acceptors (Lipinski definition) is 6. The van der Waals surface area contributed by atoms with Gasteiger partial charge in [-0.2, -0.15) is 4.99 Å². The second-order valence-corrected chi connectivity index (χ2v) is 7.00. The molecule has 0 spiro atoms. The van der Waals surface area contributed by atoms with E-state index in [0.717, 1.165) is 18.2 Å². The fourth-order valence-electron chi connectivity index (χ4n) is 2.51. The number of amidine groups is 1. The Hall–Kier alpha value is -2.39. The Balaban J connectivity index is 1.97. The summed E-state index contributed by atoms with van der Waals surface area (Å²) >= 11 is 1.32. The van der Waals surface area contributed by atoms with Gasteiger partial charge in [-0.1, -0.05) is 17.8 Å². The van der Waals surface area contributed by atoms with Crippen molar-refractivity contribution in [2.75, 3.05) is 32.6 Å². The molecule has 1 aromatic rings. The summed E-state index contributed by atoms with van der Waals surface area (Å²) in [6.45, 7) is 5.50. The van der Waals surface area contributed by atoms with E-state index in [1.165, 1.54) is 25.9 Å². The van der Waals surface area contributed by atoms with Gasteiger partial charge in [0.15, 0.2) is 5.17 Å². The van der Waals surface area contributed by atoms with Crippen molar-refractivity contribution in [3.8, 4) is 0 Å². The number of carbonyl (C=O) groups excluding carboxylic acids is 3. The van der Waals surface area contributed by atoms with Gasteiger partial charge in [0.25, 0.3) is 11.8 Å². The summed E-state index contributed by atoms with van der Waals surface area (Å²) in [5, 5.41) is 3.97. The molecule has 1 atom stereocenters. The molecule has 146 valence electrons. The quantitative estimate of drug-likeness (QED) is 0.714. The highest BCUT2D eigenvalue weighted by atomic mass is 32.2. The molecule has 0 aromatic heterocycles. The number of hydrogen-bond donors (Lipinski definition) is 1. The lowest BCUT2D eigenvalue weighted by molar-refractivity contribution is -0.121. The van der Waals surface area contributed by atoms with Crippen LogP contribution in [0.1, 0.15) is 30.6 Å². The molecule has 0 fully saturated rings. The summed E-state index contributed by atoms with van der Waals surface area (Å²) in [5.74, 6) is -0.920. The Morgan fingerprint density at radius 1 is 1.30 bits per heavy atom. The maximum Gasteiger partial charge on any atom is 0.277 e. The van der Waals surface area contributed by atoms with Crippen molar-refractivity contribution in [3.63, 3.8) is 0 Å². The van der Waals surface area contributed by atoms with Gasteiger partial charge in [-0.05, 0) is 32.0 Å². The van der Waals surface area contributed by atoms with Gasteiger partial charge >= 0.3 is 0 Å². The first-order valence-electron chi connectivity index (χ1n) is 8.65. The van der Waals surface area contributed by atoms with E-state index in [4.69, 9.17) is 4.84 Å². The number of nitrogens with one attached hydrogen (secondary N) is 1. The highest BCUT2D eigenvalue weighted by Crippen LogP contribution is 2.27. The summed E-state index contributed by atoms with van der Waals surface area (Å²) in [4.78, 5) is 47.5. The predicted molar refractivity (Wildman–Crippen MR) is 106 cm³/mol. The molecule has 0 aliphatic carbocycles. The third-order valence-corrected chi connectivity index (χ3v) is 5.30. The fourth-order valence-corrected chi connectivity index (χ4v) is 3.71. The second kappa shape index (κ2) is 9.52. The minimum Gasteiger partial charge on any atom is -0.352 e. The number of amides is 3. The molecule has 1 aromatic carbocycles. The van der Waals surface area contributed by atoms with E-state index >= 15 is 0 Å². The average Bonchev–Trinajstić information content (AvgIpc) is 3.01. The number of anilines is 1. The van der Waals surface area contributed by atoms with Crippen LogP contribution in [0.3, 0.4) is 0 Å². The molecule has 8 nitrogen and oxygen atoms in total. The molecule has 0 saturated carbocycles. The number of thioether (sulfide) groups is 1. The van der Waals surface area contributed by atoms with Crippen LogP contribution < -0.4 is 5.32 Å². The van der Waals surface area contributed by atoms with Gasteiger partial charge in [0.2, 0.25) is 5.91 Å². The van der Waals surface area contributed by atoms with Crippen molar-refractivity contribution in [2.45, 2.75) is 25.5 Å². The Morgan fingerprint density at radius 2 is 2.00 bits per heavy atom. The second-order valence-electron chi connectivity index (χ2n) is 5.83. The van der Waals surface area contributed by atoms with Crippen LogP contribution in [-0.2, 0) is 14.4 Å². The largest absolute Gasteiger partial charge is 0.352 e. The lowest BCUT2D eigenvalue weighted by Crippen LogP contribution is -2.28. The number of hydroxylamine groups is 2. The Morgan fingerprint density at radius 3 is 2.63 bits per heavy atom. The van der Waals surface area contributed by atoms with Crippen molar-refractivity contribution in [3.05, 3.63) is 29.8 Å². The molecule has 2 rings (SSSR count). The summed E-state index contributed by atoms with van der Waals surface area (Å²) < 4.78 is 0. The molecule has 0 unspecified atom stereocenters. The van der Waals surface area contributed by atoms with Gasteiger partial charge in [0.05, 0.1) is 7.11 Å². The first-order valence-corrected chi connectivity index (χ1v) is 9.53. The van der Waals surface area contributed by atoms with Crippen LogP contribution in [-0.4, -0.2) is 65.3 Å². The third kappa shape index (κ3) is 5.30. The van der Waals surface area contributed by atoms with Crippen molar-refractivity contribution in [2.24, 2.45) is 4.99 Å². The molecular formula is C18H24N4O4S. The van der Waals surface area contributed by atoms with Crippen LogP contribution in [0.2, 0.25) is 0 Å². The summed E-state index contributed by atoms with van der Waals surface area (Å²) in [5.41, 5.74) is 0.867. The van der Waals surface area contributed by atoms with Crippen LogP contribution in [0.4, 0.5) is 5.69 Å². The molecule has 1 N–H and O–H groups in total. The SMILES string of the molecule is CCN(CC)C1=NC(=O)[C@H](CC(=O)Nc2cccc(C(=O)N(C)OC)c2)S1. The number of benzene rings is 1. The number of rotatable bonds is 7. The van der Waals surface area contributed by atoms with Gasteiger partial charge in [-0.25, -0.2) is 5.06 Å². The van der Waals surface area contributed by atoms with Crippen molar-refractivity contribution < 1.29 is 19.2 Å².